The second-order valence-corrected chi connectivity index (χ2v) is 5.91. The number of aliphatic hydroxyl groups is 1. The Balaban J connectivity index is 1.74. The Hall–Kier alpha value is -1.06. The van der Waals surface area contributed by atoms with E-state index in [1.54, 1.807) is 7.11 Å². The Morgan fingerprint density at radius 3 is 2.60 bits per heavy atom. The summed E-state index contributed by atoms with van der Waals surface area (Å²) < 4.78 is 5.17. The van der Waals surface area contributed by atoms with E-state index in [1.807, 2.05) is 12.1 Å². The maximum absolute atomic E-state index is 9.98. The fourth-order valence-corrected chi connectivity index (χ4v) is 2.93. The van der Waals surface area contributed by atoms with Gasteiger partial charge in [-0.1, -0.05) is 25.0 Å². The molecule has 0 aliphatic heterocycles. The summed E-state index contributed by atoms with van der Waals surface area (Å²) in [4.78, 5) is 0. The van der Waals surface area contributed by atoms with E-state index in [0.29, 0.717) is 6.04 Å². The van der Waals surface area contributed by atoms with E-state index in [-0.39, 0.29) is 12.1 Å². The summed E-state index contributed by atoms with van der Waals surface area (Å²) in [5.41, 5.74) is 1.34. The lowest BCUT2D eigenvalue weighted by molar-refractivity contribution is 0.0854. The van der Waals surface area contributed by atoms with Crippen LogP contribution in [0.1, 0.15) is 44.6 Å². The van der Waals surface area contributed by atoms with Crippen LogP contribution in [-0.4, -0.2) is 30.4 Å². The first-order chi connectivity index (χ1) is 9.69. The molecule has 1 aliphatic rings. The van der Waals surface area contributed by atoms with Crippen LogP contribution >= 0.6 is 0 Å². The quantitative estimate of drug-likeness (QED) is 0.840. The van der Waals surface area contributed by atoms with Crippen molar-refractivity contribution in [1.29, 1.82) is 0 Å². The van der Waals surface area contributed by atoms with Gasteiger partial charge in [0.25, 0.3) is 0 Å². The number of hydrogen-bond acceptors (Lipinski definition) is 3. The van der Waals surface area contributed by atoms with E-state index >= 15 is 0 Å². The zero-order chi connectivity index (χ0) is 14.4. The standard InChI is InChI=1S/C17H27NO2/c1-13(18-16-5-3-4-6-17(16)19)7-8-14-9-11-15(20-2)12-10-14/h9-13,16-19H,3-8H2,1-2H3. The van der Waals surface area contributed by atoms with Gasteiger partial charge in [-0.2, -0.15) is 0 Å². The molecule has 0 spiro atoms. The Bertz CT molecular complexity index is 390. The maximum atomic E-state index is 9.98. The third-order valence-corrected chi connectivity index (χ3v) is 4.25. The molecule has 2 N–H and O–H groups in total. The summed E-state index contributed by atoms with van der Waals surface area (Å²) >= 11 is 0. The first kappa shape index (κ1) is 15.3. The summed E-state index contributed by atoms with van der Waals surface area (Å²) in [5.74, 6) is 0.908. The molecule has 0 aromatic heterocycles. The Morgan fingerprint density at radius 2 is 1.95 bits per heavy atom. The highest BCUT2D eigenvalue weighted by Gasteiger charge is 2.23. The van der Waals surface area contributed by atoms with Gasteiger partial charge in [-0.05, 0) is 50.3 Å². The first-order valence-corrected chi connectivity index (χ1v) is 7.76. The predicted molar refractivity (Wildman–Crippen MR) is 82.2 cm³/mol. The SMILES string of the molecule is COc1ccc(CCC(C)NC2CCCCC2O)cc1. The van der Waals surface area contributed by atoms with E-state index in [1.165, 1.54) is 18.4 Å². The average molecular weight is 277 g/mol. The molecule has 1 aromatic rings. The van der Waals surface area contributed by atoms with Crippen LogP contribution in [0.4, 0.5) is 0 Å². The molecule has 3 unspecified atom stereocenters. The monoisotopic (exact) mass is 277 g/mol. The molecule has 3 nitrogen and oxygen atoms in total. The van der Waals surface area contributed by atoms with Crippen LogP contribution in [0.15, 0.2) is 24.3 Å². The molecule has 1 aliphatic carbocycles. The molecule has 20 heavy (non-hydrogen) atoms. The molecular formula is C17H27NO2. The summed E-state index contributed by atoms with van der Waals surface area (Å²) in [5, 5.41) is 13.6. The van der Waals surface area contributed by atoms with Gasteiger partial charge in [-0.25, -0.2) is 0 Å². The summed E-state index contributed by atoms with van der Waals surface area (Å²) in [6, 6.07) is 9.00. The van der Waals surface area contributed by atoms with Crippen molar-refractivity contribution >= 4 is 0 Å². The van der Waals surface area contributed by atoms with E-state index in [0.717, 1.165) is 31.4 Å². The highest BCUT2D eigenvalue weighted by molar-refractivity contribution is 5.27. The van der Waals surface area contributed by atoms with E-state index in [9.17, 15) is 5.11 Å². The van der Waals surface area contributed by atoms with E-state index < -0.39 is 0 Å². The van der Waals surface area contributed by atoms with Crippen molar-refractivity contribution in [2.45, 2.75) is 63.6 Å². The van der Waals surface area contributed by atoms with Gasteiger partial charge in [0, 0.05) is 12.1 Å². The normalized spacial score (nSPS) is 24.4. The van der Waals surface area contributed by atoms with Crippen LogP contribution in [0.5, 0.6) is 5.75 Å². The molecule has 0 saturated heterocycles. The van der Waals surface area contributed by atoms with Crippen molar-refractivity contribution in [2.75, 3.05) is 7.11 Å². The number of benzene rings is 1. The molecule has 1 fully saturated rings. The van der Waals surface area contributed by atoms with Crippen molar-refractivity contribution < 1.29 is 9.84 Å². The zero-order valence-electron chi connectivity index (χ0n) is 12.6. The number of methoxy groups -OCH3 is 1. The average Bonchev–Trinajstić information content (AvgIpc) is 2.48. The van der Waals surface area contributed by atoms with Crippen LogP contribution in [-0.2, 0) is 6.42 Å². The summed E-state index contributed by atoms with van der Waals surface area (Å²) in [6.07, 6.45) is 6.44. The number of ether oxygens (including phenoxy) is 1. The van der Waals surface area contributed by atoms with Crippen LogP contribution < -0.4 is 10.1 Å². The summed E-state index contributed by atoms with van der Waals surface area (Å²) in [6.45, 7) is 2.21. The third kappa shape index (κ3) is 4.50. The molecule has 112 valence electrons. The van der Waals surface area contributed by atoms with Gasteiger partial charge in [-0.15, -0.1) is 0 Å². The van der Waals surface area contributed by atoms with Gasteiger partial charge in [0.05, 0.1) is 13.2 Å². The van der Waals surface area contributed by atoms with Crippen molar-refractivity contribution in [3.63, 3.8) is 0 Å². The molecule has 0 heterocycles. The van der Waals surface area contributed by atoms with Gasteiger partial charge in [0.15, 0.2) is 0 Å². The van der Waals surface area contributed by atoms with Crippen molar-refractivity contribution in [3.8, 4) is 5.75 Å². The van der Waals surface area contributed by atoms with Crippen LogP contribution in [0, 0.1) is 0 Å². The molecule has 0 bridgehead atoms. The lowest BCUT2D eigenvalue weighted by atomic mass is 9.91. The maximum Gasteiger partial charge on any atom is 0.118 e. The molecule has 3 atom stereocenters. The smallest absolute Gasteiger partial charge is 0.118 e. The number of nitrogens with one attached hydrogen (secondary N) is 1. The predicted octanol–water partition coefficient (Wildman–Crippen LogP) is 2.91. The Kier molecular flexibility index (Phi) is 5.86. The molecule has 2 rings (SSSR count). The lowest BCUT2D eigenvalue weighted by Gasteiger charge is -2.31. The van der Waals surface area contributed by atoms with Crippen molar-refractivity contribution in [1.82, 2.24) is 5.32 Å². The topological polar surface area (TPSA) is 41.5 Å². The van der Waals surface area contributed by atoms with Crippen molar-refractivity contribution in [3.05, 3.63) is 29.8 Å². The number of hydrogen-bond donors (Lipinski definition) is 2. The Morgan fingerprint density at radius 1 is 1.25 bits per heavy atom. The molecule has 0 amide bonds. The fourth-order valence-electron chi connectivity index (χ4n) is 2.93. The number of rotatable bonds is 6. The van der Waals surface area contributed by atoms with E-state index in [2.05, 4.69) is 24.4 Å². The minimum atomic E-state index is -0.160. The molecule has 1 aromatic carbocycles. The van der Waals surface area contributed by atoms with Crippen LogP contribution in [0.2, 0.25) is 0 Å². The zero-order valence-corrected chi connectivity index (χ0v) is 12.6. The highest BCUT2D eigenvalue weighted by Crippen LogP contribution is 2.19. The van der Waals surface area contributed by atoms with Crippen LogP contribution in [0.3, 0.4) is 0 Å². The fraction of sp³-hybridized carbons (Fsp3) is 0.647. The largest absolute Gasteiger partial charge is 0.497 e. The second-order valence-electron chi connectivity index (χ2n) is 5.91. The second kappa shape index (κ2) is 7.65. The van der Waals surface area contributed by atoms with Crippen LogP contribution in [0.25, 0.3) is 0 Å². The van der Waals surface area contributed by atoms with Gasteiger partial charge in [0.2, 0.25) is 0 Å². The van der Waals surface area contributed by atoms with Gasteiger partial charge in [-0.3, -0.25) is 0 Å². The van der Waals surface area contributed by atoms with Crippen molar-refractivity contribution in [2.24, 2.45) is 0 Å². The van der Waals surface area contributed by atoms with Gasteiger partial charge >= 0.3 is 0 Å². The highest BCUT2D eigenvalue weighted by atomic mass is 16.5. The molecule has 3 heteroatoms. The number of aryl methyl sites for hydroxylation is 1. The number of aliphatic hydroxyl groups excluding tert-OH is 1. The minimum absolute atomic E-state index is 0.160. The minimum Gasteiger partial charge on any atom is -0.497 e. The Labute approximate surface area is 122 Å². The molecule has 0 radical (unpaired) electrons. The van der Waals surface area contributed by atoms with E-state index in [4.69, 9.17) is 4.74 Å². The van der Waals surface area contributed by atoms with Gasteiger partial charge < -0.3 is 15.2 Å². The lowest BCUT2D eigenvalue weighted by Crippen LogP contribution is -2.46. The molecule has 1 saturated carbocycles. The third-order valence-electron chi connectivity index (χ3n) is 4.25. The summed E-state index contributed by atoms with van der Waals surface area (Å²) in [7, 11) is 1.69. The first-order valence-electron chi connectivity index (χ1n) is 7.76. The van der Waals surface area contributed by atoms with Gasteiger partial charge in [0.1, 0.15) is 5.75 Å². The molecular weight excluding hydrogens is 250 g/mol.